The Kier molecular flexibility index (Phi) is 6.42. The molecule has 1 heterocycles. The van der Waals surface area contributed by atoms with E-state index in [2.05, 4.69) is 41.0 Å². The maximum Gasteiger partial charge on any atom is 0.0402 e. The van der Waals surface area contributed by atoms with Gasteiger partial charge in [0.05, 0.1) is 0 Å². The van der Waals surface area contributed by atoms with Crippen LogP contribution in [-0.2, 0) is 0 Å². The Morgan fingerprint density at radius 1 is 0.889 bits per heavy atom. The van der Waals surface area contributed by atoms with Crippen molar-refractivity contribution in [2.45, 2.75) is 83.5 Å². The molecular formula is C25H40N2. The van der Waals surface area contributed by atoms with E-state index in [9.17, 15) is 0 Å². The molecule has 0 bridgehead atoms. The predicted molar refractivity (Wildman–Crippen MR) is 117 cm³/mol. The second-order valence-corrected chi connectivity index (χ2v) is 9.58. The van der Waals surface area contributed by atoms with Crippen LogP contribution in [-0.4, -0.2) is 37.6 Å². The number of hydrogen-bond donors (Lipinski definition) is 0. The van der Waals surface area contributed by atoms with Crippen LogP contribution in [0.3, 0.4) is 0 Å². The third kappa shape index (κ3) is 4.53. The fraction of sp³-hybridized carbons (Fsp3) is 0.760. The Morgan fingerprint density at radius 2 is 1.59 bits per heavy atom. The molecule has 3 fully saturated rings. The molecular weight excluding hydrogens is 328 g/mol. The number of piperazine rings is 1. The lowest BCUT2D eigenvalue weighted by Crippen LogP contribution is -2.47. The van der Waals surface area contributed by atoms with Crippen molar-refractivity contribution >= 4 is 5.69 Å². The van der Waals surface area contributed by atoms with Gasteiger partial charge in [-0.2, -0.15) is 0 Å². The molecule has 0 N–H and O–H groups in total. The average Bonchev–Trinajstić information content (AvgIpc) is 3.17. The first-order valence-corrected chi connectivity index (χ1v) is 11.9. The van der Waals surface area contributed by atoms with Crippen molar-refractivity contribution < 1.29 is 0 Å². The Morgan fingerprint density at radius 3 is 2.30 bits per heavy atom. The molecule has 4 rings (SSSR count). The van der Waals surface area contributed by atoms with Crippen LogP contribution in [0.5, 0.6) is 0 Å². The average molecular weight is 369 g/mol. The number of rotatable bonds is 6. The highest BCUT2D eigenvalue weighted by Gasteiger charge is 2.38. The van der Waals surface area contributed by atoms with Crippen molar-refractivity contribution in [3.05, 3.63) is 29.8 Å². The number of para-hydroxylation sites is 1. The third-order valence-corrected chi connectivity index (χ3v) is 7.88. The van der Waals surface area contributed by atoms with Crippen molar-refractivity contribution in [2.75, 3.05) is 37.6 Å². The topological polar surface area (TPSA) is 6.48 Å². The maximum absolute atomic E-state index is 2.69. The summed E-state index contributed by atoms with van der Waals surface area (Å²) in [6.45, 7) is 8.50. The fourth-order valence-corrected chi connectivity index (χ4v) is 6.08. The minimum absolute atomic E-state index is 0.746. The van der Waals surface area contributed by atoms with Crippen LogP contribution in [0, 0.1) is 5.41 Å². The van der Waals surface area contributed by atoms with Crippen molar-refractivity contribution in [1.29, 1.82) is 0 Å². The lowest BCUT2D eigenvalue weighted by Gasteiger charge is -2.40. The SMILES string of the molecule is CCCCCN1CCN(c2ccccc2C2CCC3(CCCC3)CC2)CC1. The first-order valence-electron chi connectivity index (χ1n) is 11.9. The van der Waals surface area contributed by atoms with Crippen molar-refractivity contribution in [1.82, 2.24) is 4.90 Å². The first kappa shape index (κ1) is 19.3. The summed E-state index contributed by atoms with van der Waals surface area (Å²) in [5, 5.41) is 0. The normalized spacial score (nSPS) is 24.0. The van der Waals surface area contributed by atoms with Gasteiger partial charge in [0.15, 0.2) is 0 Å². The van der Waals surface area contributed by atoms with E-state index in [1.54, 1.807) is 11.3 Å². The highest BCUT2D eigenvalue weighted by atomic mass is 15.3. The number of benzene rings is 1. The summed E-state index contributed by atoms with van der Waals surface area (Å²) in [5.74, 6) is 0.801. The van der Waals surface area contributed by atoms with Crippen LogP contribution in [0.25, 0.3) is 0 Å². The summed E-state index contributed by atoms with van der Waals surface area (Å²) in [7, 11) is 0. The van der Waals surface area contributed by atoms with Crippen molar-refractivity contribution in [3.63, 3.8) is 0 Å². The van der Waals surface area contributed by atoms with Gasteiger partial charge in [-0.15, -0.1) is 0 Å². The summed E-state index contributed by atoms with van der Waals surface area (Å²) >= 11 is 0. The van der Waals surface area contributed by atoms with Crippen LogP contribution in [0.4, 0.5) is 5.69 Å². The van der Waals surface area contributed by atoms with E-state index in [1.165, 1.54) is 103 Å². The molecule has 0 unspecified atom stereocenters. The lowest BCUT2D eigenvalue weighted by molar-refractivity contribution is 0.181. The molecule has 2 heteroatoms. The zero-order chi connectivity index (χ0) is 18.5. The minimum atomic E-state index is 0.746. The van der Waals surface area contributed by atoms with Gasteiger partial charge in [0.2, 0.25) is 0 Å². The largest absolute Gasteiger partial charge is 0.369 e. The van der Waals surface area contributed by atoms with Gasteiger partial charge in [0.1, 0.15) is 0 Å². The second-order valence-electron chi connectivity index (χ2n) is 9.58. The molecule has 1 saturated heterocycles. The highest BCUT2D eigenvalue weighted by Crippen LogP contribution is 2.53. The van der Waals surface area contributed by atoms with Gasteiger partial charge < -0.3 is 4.90 Å². The van der Waals surface area contributed by atoms with Crippen LogP contribution in [0.1, 0.15) is 89.0 Å². The zero-order valence-corrected chi connectivity index (χ0v) is 17.6. The van der Waals surface area contributed by atoms with Crippen LogP contribution < -0.4 is 4.90 Å². The van der Waals surface area contributed by atoms with Crippen LogP contribution in [0.2, 0.25) is 0 Å². The maximum atomic E-state index is 2.69. The standard InChI is InChI=1S/C25H40N2/c1-2-3-8-17-26-18-20-27(21-19-26)24-10-5-4-9-23(24)22-11-15-25(16-12-22)13-6-7-14-25/h4-5,9-10,22H,2-3,6-8,11-21H2,1H3. The lowest BCUT2D eigenvalue weighted by atomic mass is 9.68. The predicted octanol–water partition coefficient (Wildman–Crippen LogP) is 6.22. The molecule has 0 atom stereocenters. The van der Waals surface area contributed by atoms with Gasteiger partial charge in [-0.25, -0.2) is 0 Å². The van der Waals surface area contributed by atoms with Gasteiger partial charge in [0, 0.05) is 31.9 Å². The number of anilines is 1. The summed E-state index contributed by atoms with van der Waals surface area (Å²) in [4.78, 5) is 5.37. The van der Waals surface area contributed by atoms with Gasteiger partial charge in [0.25, 0.3) is 0 Å². The van der Waals surface area contributed by atoms with Crippen LogP contribution in [0.15, 0.2) is 24.3 Å². The first-order chi connectivity index (χ1) is 13.3. The van der Waals surface area contributed by atoms with E-state index in [4.69, 9.17) is 0 Å². The Hall–Kier alpha value is -1.02. The van der Waals surface area contributed by atoms with E-state index in [1.807, 2.05) is 0 Å². The smallest absolute Gasteiger partial charge is 0.0402 e. The molecule has 2 aliphatic carbocycles. The number of hydrogen-bond acceptors (Lipinski definition) is 2. The van der Waals surface area contributed by atoms with E-state index >= 15 is 0 Å². The fourth-order valence-electron chi connectivity index (χ4n) is 6.08. The molecule has 0 amide bonds. The number of unbranched alkanes of at least 4 members (excludes halogenated alkanes) is 2. The van der Waals surface area contributed by atoms with Crippen molar-refractivity contribution in [3.8, 4) is 0 Å². The van der Waals surface area contributed by atoms with Gasteiger partial charge in [-0.3, -0.25) is 4.90 Å². The number of nitrogens with zero attached hydrogens (tertiary/aromatic N) is 2. The van der Waals surface area contributed by atoms with E-state index in [0.717, 1.165) is 11.3 Å². The molecule has 1 spiro atoms. The van der Waals surface area contributed by atoms with Gasteiger partial charge >= 0.3 is 0 Å². The van der Waals surface area contributed by atoms with E-state index in [-0.39, 0.29) is 0 Å². The summed E-state index contributed by atoms with van der Waals surface area (Å²) in [5.41, 5.74) is 3.96. The molecule has 3 aliphatic rings. The summed E-state index contributed by atoms with van der Waals surface area (Å²) in [6.07, 6.45) is 15.9. The molecule has 150 valence electrons. The highest BCUT2D eigenvalue weighted by molar-refractivity contribution is 5.55. The zero-order valence-electron chi connectivity index (χ0n) is 17.6. The monoisotopic (exact) mass is 368 g/mol. The van der Waals surface area contributed by atoms with E-state index in [0.29, 0.717) is 0 Å². The molecule has 27 heavy (non-hydrogen) atoms. The van der Waals surface area contributed by atoms with Crippen LogP contribution >= 0.6 is 0 Å². The minimum Gasteiger partial charge on any atom is -0.369 e. The second kappa shape index (κ2) is 8.99. The Labute approximate surface area is 167 Å². The quantitative estimate of drug-likeness (QED) is 0.550. The molecule has 1 aromatic carbocycles. The van der Waals surface area contributed by atoms with Gasteiger partial charge in [-0.1, -0.05) is 50.8 Å². The molecule has 0 radical (unpaired) electrons. The molecule has 1 aromatic rings. The third-order valence-electron chi connectivity index (χ3n) is 7.88. The Bertz CT molecular complexity index is 572. The Balaban J connectivity index is 1.36. The molecule has 1 aliphatic heterocycles. The molecule has 2 nitrogen and oxygen atoms in total. The van der Waals surface area contributed by atoms with E-state index < -0.39 is 0 Å². The van der Waals surface area contributed by atoms with Crippen molar-refractivity contribution in [2.24, 2.45) is 5.41 Å². The molecule has 0 aromatic heterocycles. The molecule has 2 saturated carbocycles. The summed E-state index contributed by atoms with van der Waals surface area (Å²) in [6, 6.07) is 9.38. The van der Waals surface area contributed by atoms with Gasteiger partial charge in [-0.05, 0) is 74.5 Å². The summed E-state index contributed by atoms with van der Waals surface area (Å²) < 4.78 is 0.